The van der Waals surface area contributed by atoms with E-state index in [-0.39, 0.29) is 0 Å². The van der Waals surface area contributed by atoms with E-state index in [1.54, 1.807) is 22.7 Å². The first-order valence-corrected chi connectivity index (χ1v) is 38.6. The first-order valence-electron chi connectivity index (χ1n) is 36.9. The van der Waals surface area contributed by atoms with E-state index in [4.69, 9.17) is 29.9 Å². The van der Waals surface area contributed by atoms with Crippen LogP contribution >= 0.6 is 22.7 Å². The van der Waals surface area contributed by atoms with E-state index in [9.17, 15) is 0 Å². The lowest BCUT2D eigenvalue weighted by molar-refractivity contribution is 1.08. The number of fused-ring (bicyclic) bond motifs is 6. The molecule has 0 fully saturated rings. The van der Waals surface area contributed by atoms with Crippen molar-refractivity contribution >= 4 is 63.0 Å². The van der Waals surface area contributed by atoms with Crippen LogP contribution in [-0.4, -0.2) is 29.9 Å². The number of thiophene rings is 2. The molecule has 0 aliphatic heterocycles. The van der Waals surface area contributed by atoms with E-state index in [2.05, 4.69) is 334 Å². The fraction of sp³-hybridized carbons (Fsp3) is 0. The number of benzene rings is 16. The number of nitrogens with zero attached hydrogens (tertiary/aromatic N) is 6. The Kier molecular flexibility index (Phi) is 16.9. The molecule has 6 nitrogen and oxygen atoms in total. The zero-order valence-electron chi connectivity index (χ0n) is 59.5. The Bertz CT molecular complexity index is 6790. The molecule has 0 amide bonds. The Morgan fingerprint density at radius 3 is 0.909 bits per heavy atom. The predicted octanol–water partition coefficient (Wildman–Crippen LogP) is 27.8. The summed E-state index contributed by atoms with van der Waals surface area (Å²) in [5, 5.41) is 4.52. The highest BCUT2D eigenvalue weighted by atomic mass is 32.1. The summed E-state index contributed by atoms with van der Waals surface area (Å²) >= 11 is 3.59. The molecular weight excluding hydrogens is 1370 g/mol. The van der Waals surface area contributed by atoms with E-state index < -0.39 is 0 Å². The van der Waals surface area contributed by atoms with Crippen molar-refractivity contribution in [1.82, 2.24) is 29.9 Å². The van der Waals surface area contributed by atoms with Crippen molar-refractivity contribution in [1.29, 1.82) is 0 Å². The summed E-state index contributed by atoms with van der Waals surface area (Å²) in [5.41, 5.74) is 25.9. The van der Waals surface area contributed by atoms with Crippen molar-refractivity contribution in [2.24, 2.45) is 0 Å². The monoisotopic (exact) mass is 1440 g/mol. The first kappa shape index (κ1) is 65.5. The lowest BCUT2D eigenvalue weighted by Crippen LogP contribution is -2.00. The quantitative estimate of drug-likeness (QED) is 0.102. The highest BCUT2D eigenvalue weighted by Gasteiger charge is 2.24. The second kappa shape index (κ2) is 28.4. The lowest BCUT2D eigenvalue weighted by Gasteiger charge is -2.19. The summed E-state index contributed by atoms with van der Waals surface area (Å²) in [6, 6.07) is 139. The van der Waals surface area contributed by atoms with Crippen LogP contribution in [0.2, 0.25) is 0 Å². The zero-order valence-corrected chi connectivity index (χ0v) is 61.1. The van der Waals surface area contributed by atoms with Gasteiger partial charge in [-0.2, -0.15) is 0 Å². The van der Waals surface area contributed by atoms with E-state index in [1.807, 2.05) is 54.6 Å². The minimum absolute atomic E-state index is 0.587. The maximum Gasteiger partial charge on any atom is 0.164 e. The predicted molar refractivity (Wildman–Crippen MR) is 461 cm³/mol. The van der Waals surface area contributed by atoms with Crippen molar-refractivity contribution in [3.63, 3.8) is 0 Å². The van der Waals surface area contributed by atoms with Crippen LogP contribution < -0.4 is 0 Å². The molecule has 20 rings (SSSR count). The molecule has 0 spiro atoms. The largest absolute Gasteiger partial charge is 0.208 e. The van der Waals surface area contributed by atoms with E-state index in [1.165, 1.54) is 31.7 Å². The van der Waals surface area contributed by atoms with E-state index >= 15 is 0 Å². The van der Waals surface area contributed by atoms with Gasteiger partial charge >= 0.3 is 0 Å². The number of hydrogen-bond donors (Lipinski definition) is 0. The SMILES string of the molecule is c1ccc(-c2cccc(-c3ccc(-c4ccc5sc6cccc(-c7nc(-c8ccccc8)nc(-c8ccc(-c9cc(-c%10ccccc%10)cc(-c%10c(-c%11ccccc%11)cccc%10-c%10ccc%11sc%12cccc(-c%13nc(-c%14ccccc%14)nc(-c%14ccccc%14)n%13)c%12c%11c%10)c9)cc8)n7)c6c5c4)c(-c4ccccc4)c3)c2)cc1. The van der Waals surface area contributed by atoms with Crippen LogP contribution in [0.25, 0.3) is 209 Å². The summed E-state index contributed by atoms with van der Waals surface area (Å²) in [6.07, 6.45) is 0. The van der Waals surface area contributed by atoms with Gasteiger partial charge in [0.25, 0.3) is 0 Å². The second-order valence-electron chi connectivity index (χ2n) is 27.6. The van der Waals surface area contributed by atoms with E-state index in [0.717, 1.165) is 142 Å². The average molecular weight is 1440 g/mol. The summed E-state index contributed by atoms with van der Waals surface area (Å²) in [4.78, 5) is 31.7. The van der Waals surface area contributed by atoms with Crippen LogP contribution in [0.1, 0.15) is 0 Å². The summed E-state index contributed by atoms with van der Waals surface area (Å²) in [5.74, 6) is 3.68. The maximum absolute atomic E-state index is 5.48. The van der Waals surface area contributed by atoms with Crippen LogP contribution in [-0.2, 0) is 0 Å². The molecule has 0 N–H and O–H groups in total. The van der Waals surface area contributed by atoms with Gasteiger partial charge in [0.2, 0.25) is 0 Å². The fourth-order valence-electron chi connectivity index (χ4n) is 15.5. The summed E-state index contributed by atoms with van der Waals surface area (Å²) in [7, 11) is 0. The minimum atomic E-state index is 0.587. The van der Waals surface area contributed by atoms with Crippen LogP contribution in [0.3, 0.4) is 0 Å². The topological polar surface area (TPSA) is 77.3 Å². The highest BCUT2D eigenvalue weighted by molar-refractivity contribution is 7.26. The molecule has 4 aromatic heterocycles. The number of rotatable bonds is 15. The van der Waals surface area contributed by atoms with Gasteiger partial charge in [0.15, 0.2) is 34.9 Å². The molecule has 4 heterocycles. The molecule has 0 aliphatic rings. The first-order chi connectivity index (χ1) is 54.5. The molecular formula is C102H64N6S2. The lowest BCUT2D eigenvalue weighted by atomic mass is 9.85. The molecule has 0 atom stereocenters. The molecule has 16 aromatic carbocycles. The molecule has 0 radical (unpaired) electrons. The molecule has 0 aliphatic carbocycles. The van der Waals surface area contributed by atoms with Gasteiger partial charge in [-0.1, -0.05) is 322 Å². The van der Waals surface area contributed by atoms with Gasteiger partial charge in [-0.05, 0) is 167 Å². The Morgan fingerprint density at radius 1 is 0.145 bits per heavy atom. The van der Waals surface area contributed by atoms with Gasteiger partial charge in [-0.15, -0.1) is 22.7 Å². The molecule has 514 valence electrons. The second-order valence-corrected chi connectivity index (χ2v) is 29.8. The van der Waals surface area contributed by atoms with Crippen LogP contribution in [0.4, 0.5) is 0 Å². The van der Waals surface area contributed by atoms with Gasteiger partial charge in [0, 0.05) is 73.7 Å². The summed E-state index contributed by atoms with van der Waals surface area (Å²) in [6.45, 7) is 0. The Labute approximate surface area is 645 Å². The molecule has 0 saturated heterocycles. The molecule has 0 saturated carbocycles. The van der Waals surface area contributed by atoms with Gasteiger partial charge in [0.1, 0.15) is 0 Å². The van der Waals surface area contributed by atoms with Crippen LogP contribution in [0.15, 0.2) is 388 Å². The van der Waals surface area contributed by atoms with Crippen molar-refractivity contribution < 1.29 is 0 Å². The van der Waals surface area contributed by atoms with Crippen molar-refractivity contribution in [2.75, 3.05) is 0 Å². The van der Waals surface area contributed by atoms with Crippen LogP contribution in [0.5, 0.6) is 0 Å². The third-order valence-corrected chi connectivity index (χ3v) is 23.1. The van der Waals surface area contributed by atoms with Crippen molar-refractivity contribution in [2.45, 2.75) is 0 Å². The summed E-state index contributed by atoms with van der Waals surface area (Å²) < 4.78 is 4.69. The van der Waals surface area contributed by atoms with Gasteiger partial charge in [-0.3, -0.25) is 0 Å². The van der Waals surface area contributed by atoms with Crippen LogP contribution in [0, 0.1) is 0 Å². The van der Waals surface area contributed by atoms with Crippen molar-refractivity contribution in [3.05, 3.63) is 388 Å². The number of aromatic nitrogens is 6. The molecule has 20 aromatic rings. The smallest absolute Gasteiger partial charge is 0.164 e. The van der Waals surface area contributed by atoms with Gasteiger partial charge in [-0.25, -0.2) is 29.9 Å². The average Bonchev–Trinajstić information content (AvgIpc) is 1.52. The Morgan fingerprint density at radius 2 is 0.436 bits per heavy atom. The zero-order chi connectivity index (χ0) is 72.9. The van der Waals surface area contributed by atoms with Gasteiger partial charge in [0.05, 0.1) is 0 Å². The minimum Gasteiger partial charge on any atom is -0.208 e. The van der Waals surface area contributed by atoms with Gasteiger partial charge < -0.3 is 0 Å². The third-order valence-electron chi connectivity index (χ3n) is 20.8. The van der Waals surface area contributed by atoms with E-state index in [0.29, 0.717) is 34.9 Å². The molecule has 110 heavy (non-hydrogen) atoms. The standard InChI is InChI=1S/C102H64N6S2/c1-8-26-65(27-9-1)74-40-22-41-75(58-74)76-52-55-82(87(62-76)69-32-14-4-15-33-69)77-53-56-90-88(63-77)95-85(44-24-46-92(95)109-90)102-107-99(72-38-20-7-21-39-72)104-100(108-102)73-50-48-67(49-51-73)80-59-79(66-28-10-2-11-29-66)60-81(61-80)94-83(68-30-12-3-13-31-68)42-23-43-84(94)78-54-57-91-89(64-78)96-86(45-25-47-93(96)110-91)101-105-97(70-34-16-5-17-35-70)103-98(106-101)71-36-18-6-19-37-71/h1-64H. The molecule has 8 heteroatoms. The third kappa shape index (κ3) is 12.5. The number of hydrogen-bond acceptors (Lipinski definition) is 8. The molecule has 0 bridgehead atoms. The highest BCUT2D eigenvalue weighted by Crippen LogP contribution is 2.49. The normalized spacial score (nSPS) is 11.5. The Hall–Kier alpha value is -14.0. The molecule has 0 unspecified atom stereocenters. The fourth-order valence-corrected chi connectivity index (χ4v) is 17.7. The van der Waals surface area contributed by atoms with Crippen molar-refractivity contribution in [3.8, 4) is 168 Å². The maximum atomic E-state index is 5.48. The Balaban J connectivity index is 0.698.